The molecule has 0 radical (unpaired) electrons. The Labute approximate surface area is 217 Å². The van der Waals surface area contributed by atoms with Crippen molar-refractivity contribution >= 4 is 11.7 Å². The SMILES string of the molecule is CCOc1c(N)c2c(c(OCC)c1OCC)[C@@H]([C@H]1c3c(cc(OC)c(OC)c3OC)CCN1C)OC2=O. The van der Waals surface area contributed by atoms with E-state index in [1.807, 2.05) is 33.9 Å². The van der Waals surface area contributed by atoms with Crippen LogP contribution < -0.4 is 34.2 Å². The van der Waals surface area contributed by atoms with E-state index in [0.29, 0.717) is 60.7 Å². The van der Waals surface area contributed by atoms with Gasteiger partial charge in [0.15, 0.2) is 29.1 Å². The van der Waals surface area contributed by atoms with Crippen LogP contribution in [0.5, 0.6) is 34.5 Å². The molecule has 202 valence electrons. The summed E-state index contributed by atoms with van der Waals surface area (Å²) in [4.78, 5) is 15.5. The number of nitrogens with zero attached hydrogens (tertiary/aromatic N) is 1. The summed E-state index contributed by atoms with van der Waals surface area (Å²) < 4.78 is 41.2. The van der Waals surface area contributed by atoms with Crippen molar-refractivity contribution in [1.82, 2.24) is 4.90 Å². The number of carbonyl (C=O) groups excluding carboxylic acids is 1. The fourth-order valence-corrected chi connectivity index (χ4v) is 5.32. The second-order valence-electron chi connectivity index (χ2n) is 8.71. The van der Waals surface area contributed by atoms with Crippen molar-refractivity contribution in [1.29, 1.82) is 0 Å². The molecular weight excluding hydrogens is 480 g/mol. The minimum absolute atomic E-state index is 0.175. The van der Waals surface area contributed by atoms with E-state index in [4.69, 9.17) is 38.9 Å². The van der Waals surface area contributed by atoms with Gasteiger partial charge in [0, 0.05) is 12.1 Å². The molecule has 2 N–H and O–H groups in total. The number of carbonyl (C=O) groups is 1. The zero-order valence-corrected chi connectivity index (χ0v) is 22.6. The lowest BCUT2D eigenvalue weighted by atomic mass is 9.84. The fourth-order valence-electron chi connectivity index (χ4n) is 5.32. The number of likely N-dealkylation sites (N-methyl/N-ethyl adjacent to an activating group) is 1. The molecule has 10 nitrogen and oxygen atoms in total. The van der Waals surface area contributed by atoms with Crippen LogP contribution in [0.1, 0.15) is 60.0 Å². The van der Waals surface area contributed by atoms with Gasteiger partial charge < -0.3 is 38.9 Å². The first-order chi connectivity index (χ1) is 17.9. The molecule has 0 amide bonds. The van der Waals surface area contributed by atoms with E-state index in [2.05, 4.69) is 4.90 Å². The smallest absolute Gasteiger partial charge is 0.341 e. The van der Waals surface area contributed by atoms with Gasteiger partial charge in [-0.1, -0.05) is 0 Å². The first-order valence-electron chi connectivity index (χ1n) is 12.5. The zero-order chi connectivity index (χ0) is 26.9. The monoisotopic (exact) mass is 516 g/mol. The highest BCUT2D eigenvalue weighted by Crippen LogP contribution is 2.58. The quantitative estimate of drug-likeness (QED) is 0.368. The van der Waals surface area contributed by atoms with E-state index in [0.717, 1.165) is 17.5 Å². The molecule has 0 aromatic heterocycles. The van der Waals surface area contributed by atoms with E-state index >= 15 is 0 Å². The molecule has 0 fully saturated rings. The number of esters is 1. The highest BCUT2D eigenvalue weighted by atomic mass is 16.6. The van der Waals surface area contributed by atoms with Crippen molar-refractivity contribution in [3.63, 3.8) is 0 Å². The molecule has 2 aliphatic heterocycles. The maximum atomic E-state index is 13.4. The van der Waals surface area contributed by atoms with E-state index in [-0.39, 0.29) is 17.0 Å². The second-order valence-corrected chi connectivity index (χ2v) is 8.71. The number of rotatable bonds is 10. The Hall–Kier alpha value is -3.53. The largest absolute Gasteiger partial charge is 0.493 e. The van der Waals surface area contributed by atoms with Crippen molar-refractivity contribution < 1.29 is 38.0 Å². The van der Waals surface area contributed by atoms with Crippen LogP contribution in [0.15, 0.2) is 6.07 Å². The minimum atomic E-state index is -0.753. The second kappa shape index (κ2) is 10.8. The average molecular weight is 517 g/mol. The number of ether oxygens (including phenoxy) is 7. The predicted molar refractivity (Wildman–Crippen MR) is 138 cm³/mol. The Bertz CT molecular complexity index is 1180. The molecule has 0 unspecified atom stereocenters. The van der Waals surface area contributed by atoms with E-state index in [9.17, 15) is 4.79 Å². The lowest BCUT2D eigenvalue weighted by Crippen LogP contribution is -2.36. The van der Waals surface area contributed by atoms with Crippen LogP contribution >= 0.6 is 0 Å². The van der Waals surface area contributed by atoms with Crippen LogP contribution in [-0.2, 0) is 11.2 Å². The number of hydrogen-bond acceptors (Lipinski definition) is 10. The molecular formula is C27H36N2O8. The Morgan fingerprint density at radius 1 is 0.892 bits per heavy atom. The van der Waals surface area contributed by atoms with Gasteiger partial charge >= 0.3 is 5.97 Å². The Morgan fingerprint density at radius 3 is 2.11 bits per heavy atom. The van der Waals surface area contributed by atoms with Gasteiger partial charge in [0.1, 0.15) is 0 Å². The molecule has 2 aromatic carbocycles. The van der Waals surface area contributed by atoms with Crippen LogP contribution in [0.3, 0.4) is 0 Å². The summed E-state index contributed by atoms with van der Waals surface area (Å²) in [7, 11) is 6.73. The normalized spacial score (nSPS) is 18.5. The van der Waals surface area contributed by atoms with Crippen molar-refractivity contribution in [3.05, 3.63) is 28.3 Å². The topological polar surface area (TPSA) is 111 Å². The van der Waals surface area contributed by atoms with Gasteiger partial charge in [-0.2, -0.15) is 0 Å². The average Bonchev–Trinajstić information content (AvgIpc) is 3.23. The number of nitrogens with two attached hydrogens (primary N) is 1. The molecule has 0 bridgehead atoms. The molecule has 2 heterocycles. The van der Waals surface area contributed by atoms with Crippen LogP contribution in [0, 0.1) is 0 Å². The number of anilines is 1. The summed E-state index contributed by atoms with van der Waals surface area (Å²) in [6, 6.07) is 1.53. The summed E-state index contributed by atoms with van der Waals surface area (Å²) >= 11 is 0. The lowest BCUT2D eigenvalue weighted by molar-refractivity contribution is 0.00811. The summed E-state index contributed by atoms with van der Waals surface area (Å²) in [5.41, 5.74) is 9.35. The van der Waals surface area contributed by atoms with Crippen LogP contribution in [0.25, 0.3) is 0 Å². The number of benzene rings is 2. The van der Waals surface area contributed by atoms with E-state index in [1.54, 1.807) is 21.3 Å². The first-order valence-corrected chi connectivity index (χ1v) is 12.5. The lowest BCUT2D eigenvalue weighted by Gasteiger charge is -2.39. The summed E-state index contributed by atoms with van der Waals surface area (Å²) in [6.45, 7) is 7.32. The molecule has 0 aliphatic carbocycles. The third-order valence-electron chi connectivity index (χ3n) is 6.77. The van der Waals surface area contributed by atoms with Crippen molar-refractivity contribution in [2.24, 2.45) is 0 Å². The molecule has 2 atom stereocenters. The molecule has 0 saturated carbocycles. The zero-order valence-electron chi connectivity index (χ0n) is 22.6. The minimum Gasteiger partial charge on any atom is -0.493 e. The predicted octanol–water partition coefficient (Wildman–Crippen LogP) is 3.93. The van der Waals surface area contributed by atoms with Crippen molar-refractivity contribution in [3.8, 4) is 34.5 Å². The van der Waals surface area contributed by atoms with Gasteiger partial charge in [0.25, 0.3) is 0 Å². The Kier molecular flexibility index (Phi) is 7.77. The molecule has 4 rings (SSSR count). The van der Waals surface area contributed by atoms with Crippen molar-refractivity contribution in [2.45, 2.75) is 39.3 Å². The maximum absolute atomic E-state index is 13.4. The van der Waals surface area contributed by atoms with E-state index in [1.165, 1.54) is 0 Å². The Morgan fingerprint density at radius 2 is 1.51 bits per heavy atom. The van der Waals surface area contributed by atoms with Gasteiger partial charge in [0.2, 0.25) is 11.5 Å². The highest BCUT2D eigenvalue weighted by Gasteiger charge is 2.48. The number of nitrogen functional groups attached to an aromatic ring is 1. The van der Waals surface area contributed by atoms with Crippen LogP contribution in [0.2, 0.25) is 0 Å². The van der Waals surface area contributed by atoms with Gasteiger partial charge in [-0.05, 0) is 45.9 Å². The summed E-state index contributed by atoms with van der Waals surface area (Å²) in [5.74, 6) is 2.08. The first kappa shape index (κ1) is 26.5. The van der Waals surface area contributed by atoms with Crippen molar-refractivity contribution in [2.75, 3.05) is 60.5 Å². The number of hydrogen-bond donors (Lipinski definition) is 1. The number of methoxy groups -OCH3 is 3. The molecule has 0 saturated heterocycles. The number of fused-ring (bicyclic) bond motifs is 2. The highest BCUT2D eigenvalue weighted by molar-refractivity contribution is 6.03. The fraction of sp³-hybridized carbons (Fsp3) is 0.519. The molecule has 2 aliphatic rings. The molecule has 37 heavy (non-hydrogen) atoms. The summed E-state index contributed by atoms with van der Waals surface area (Å²) in [5, 5.41) is 0. The third-order valence-corrected chi connectivity index (χ3v) is 6.77. The molecule has 2 aromatic rings. The molecule has 10 heteroatoms. The van der Waals surface area contributed by atoms with Gasteiger partial charge in [-0.3, -0.25) is 4.90 Å². The van der Waals surface area contributed by atoms with E-state index < -0.39 is 18.1 Å². The Balaban J connectivity index is 2.02. The van der Waals surface area contributed by atoms with Gasteiger partial charge in [-0.15, -0.1) is 0 Å². The van der Waals surface area contributed by atoms with Crippen LogP contribution in [-0.4, -0.2) is 65.6 Å². The number of cyclic esters (lactones) is 1. The third kappa shape index (κ3) is 4.22. The molecule has 0 spiro atoms. The standard InChI is InChI=1S/C27H36N2O8/c1-8-34-24-18-17(19(28)25(35-9-2)26(24)36-10-3)27(30)37-22(18)20-16-14(11-12-29(20)4)13-15(31-5)21(32-6)23(16)33-7/h13,20,22H,8-12,28H2,1-7H3/t20-,22+/m1/s1. The van der Waals surface area contributed by atoms with Gasteiger partial charge in [-0.25, -0.2) is 4.79 Å². The summed E-state index contributed by atoms with van der Waals surface area (Å²) in [6.07, 6.45) is -0.00202. The van der Waals surface area contributed by atoms with Crippen LogP contribution in [0.4, 0.5) is 5.69 Å². The van der Waals surface area contributed by atoms with Gasteiger partial charge in [0.05, 0.1) is 64.0 Å². The maximum Gasteiger partial charge on any atom is 0.341 e.